The molecule has 1 aromatic carbocycles. The van der Waals surface area contributed by atoms with E-state index in [2.05, 4.69) is 41.3 Å². The van der Waals surface area contributed by atoms with Crippen LogP contribution in [0.25, 0.3) is 0 Å². The van der Waals surface area contributed by atoms with E-state index in [4.69, 9.17) is 4.74 Å². The number of hydrogen-bond donors (Lipinski definition) is 1. The standard InChI is InChI=1S/C15H19N3O/c1-10-8-14(19-4)11(2)7-12(10)15(16-3)13-5-6-17-9-18-13/h5-9,15-16H,1-4H3. The Morgan fingerprint density at radius 1 is 1.21 bits per heavy atom. The molecular weight excluding hydrogens is 238 g/mol. The minimum absolute atomic E-state index is 0.0626. The predicted molar refractivity (Wildman–Crippen MR) is 75.4 cm³/mol. The summed E-state index contributed by atoms with van der Waals surface area (Å²) in [5.74, 6) is 0.916. The van der Waals surface area contributed by atoms with Crippen LogP contribution in [0.1, 0.15) is 28.4 Å². The summed E-state index contributed by atoms with van der Waals surface area (Å²) in [5.41, 5.74) is 4.47. The Kier molecular flexibility index (Phi) is 4.12. The SMILES string of the molecule is CNC(c1ccncn1)c1cc(C)c(OC)cc1C. The highest BCUT2D eigenvalue weighted by atomic mass is 16.5. The summed E-state index contributed by atoms with van der Waals surface area (Å²) in [7, 11) is 3.63. The van der Waals surface area contributed by atoms with Crippen molar-refractivity contribution in [3.63, 3.8) is 0 Å². The van der Waals surface area contributed by atoms with Gasteiger partial charge >= 0.3 is 0 Å². The molecule has 0 bridgehead atoms. The normalized spacial score (nSPS) is 12.2. The summed E-state index contributed by atoms with van der Waals surface area (Å²) >= 11 is 0. The van der Waals surface area contributed by atoms with E-state index in [1.807, 2.05) is 13.1 Å². The van der Waals surface area contributed by atoms with Gasteiger partial charge in [-0.15, -0.1) is 0 Å². The van der Waals surface area contributed by atoms with Crippen molar-refractivity contribution >= 4 is 0 Å². The molecule has 100 valence electrons. The van der Waals surface area contributed by atoms with Gasteiger partial charge in [-0.25, -0.2) is 9.97 Å². The lowest BCUT2D eigenvalue weighted by atomic mass is 9.96. The Hall–Kier alpha value is -1.94. The number of nitrogens with one attached hydrogen (secondary N) is 1. The fourth-order valence-electron chi connectivity index (χ4n) is 2.28. The van der Waals surface area contributed by atoms with Crippen LogP contribution in [0, 0.1) is 13.8 Å². The smallest absolute Gasteiger partial charge is 0.122 e. The number of ether oxygens (including phenoxy) is 1. The summed E-state index contributed by atoms with van der Waals surface area (Å²) in [6, 6.07) is 6.21. The molecule has 0 radical (unpaired) electrons. The number of benzene rings is 1. The lowest BCUT2D eigenvalue weighted by Gasteiger charge is -2.20. The molecule has 4 heteroatoms. The Morgan fingerprint density at radius 2 is 2.00 bits per heavy atom. The van der Waals surface area contributed by atoms with Crippen LogP contribution >= 0.6 is 0 Å². The number of methoxy groups -OCH3 is 1. The highest BCUT2D eigenvalue weighted by Crippen LogP contribution is 2.29. The van der Waals surface area contributed by atoms with E-state index < -0.39 is 0 Å². The fourth-order valence-corrected chi connectivity index (χ4v) is 2.28. The average Bonchev–Trinajstić information content (AvgIpc) is 2.44. The van der Waals surface area contributed by atoms with Crippen molar-refractivity contribution in [1.29, 1.82) is 0 Å². The van der Waals surface area contributed by atoms with Crippen LogP contribution < -0.4 is 10.1 Å². The van der Waals surface area contributed by atoms with E-state index >= 15 is 0 Å². The number of nitrogens with zero attached hydrogens (tertiary/aromatic N) is 2. The number of aryl methyl sites for hydroxylation is 2. The molecule has 0 saturated heterocycles. The fraction of sp³-hybridized carbons (Fsp3) is 0.333. The maximum atomic E-state index is 5.35. The van der Waals surface area contributed by atoms with Crippen LogP contribution in [0.3, 0.4) is 0 Å². The monoisotopic (exact) mass is 257 g/mol. The molecular formula is C15H19N3O. The molecule has 0 amide bonds. The van der Waals surface area contributed by atoms with E-state index in [9.17, 15) is 0 Å². The van der Waals surface area contributed by atoms with Gasteiger partial charge in [0, 0.05) is 6.20 Å². The maximum Gasteiger partial charge on any atom is 0.122 e. The van der Waals surface area contributed by atoms with Gasteiger partial charge in [-0.05, 0) is 49.7 Å². The summed E-state index contributed by atoms with van der Waals surface area (Å²) in [5, 5.41) is 3.31. The van der Waals surface area contributed by atoms with Gasteiger partial charge in [-0.2, -0.15) is 0 Å². The van der Waals surface area contributed by atoms with Gasteiger partial charge in [-0.3, -0.25) is 0 Å². The lowest BCUT2D eigenvalue weighted by Crippen LogP contribution is -2.20. The third-order valence-corrected chi connectivity index (χ3v) is 3.28. The first-order chi connectivity index (χ1) is 9.17. The van der Waals surface area contributed by atoms with Crippen molar-refractivity contribution in [3.05, 3.63) is 53.1 Å². The van der Waals surface area contributed by atoms with Crippen LogP contribution in [-0.4, -0.2) is 24.1 Å². The zero-order chi connectivity index (χ0) is 13.8. The summed E-state index contributed by atoms with van der Waals surface area (Å²) in [4.78, 5) is 8.30. The van der Waals surface area contributed by atoms with Gasteiger partial charge in [0.2, 0.25) is 0 Å². The average molecular weight is 257 g/mol. The first-order valence-electron chi connectivity index (χ1n) is 6.25. The van der Waals surface area contributed by atoms with Crippen LogP contribution in [0.5, 0.6) is 5.75 Å². The van der Waals surface area contributed by atoms with Crippen molar-refractivity contribution in [3.8, 4) is 5.75 Å². The van der Waals surface area contributed by atoms with Gasteiger partial charge < -0.3 is 10.1 Å². The van der Waals surface area contributed by atoms with Crippen molar-refractivity contribution in [2.75, 3.05) is 14.2 Å². The molecule has 4 nitrogen and oxygen atoms in total. The largest absolute Gasteiger partial charge is 0.496 e. The van der Waals surface area contributed by atoms with E-state index in [0.29, 0.717) is 0 Å². The summed E-state index contributed by atoms with van der Waals surface area (Å²) in [6.07, 6.45) is 3.34. The summed E-state index contributed by atoms with van der Waals surface area (Å²) in [6.45, 7) is 4.14. The topological polar surface area (TPSA) is 47.0 Å². The number of aromatic nitrogens is 2. The molecule has 2 aromatic rings. The first-order valence-corrected chi connectivity index (χ1v) is 6.25. The Morgan fingerprint density at radius 3 is 2.58 bits per heavy atom. The lowest BCUT2D eigenvalue weighted by molar-refractivity contribution is 0.411. The zero-order valence-corrected chi connectivity index (χ0v) is 11.8. The number of rotatable bonds is 4. The van der Waals surface area contributed by atoms with Gasteiger partial charge in [-0.1, -0.05) is 6.07 Å². The van der Waals surface area contributed by atoms with E-state index in [-0.39, 0.29) is 6.04 Å². The third-order valence-electron chi connectivity index (χ3n) is 3.28. The minimum Gasteiger partial charge on any atom is -0.496 e. The molecule has 1 heterocycles. The molecule has 1 unspecified atom stereocenters. The molecule has 1 aromatic heterocycles. The Labute approximate surface area is 113 Å². The van der Waals surface area contributed by atoms with Crippen LogP contribution in [0.4, 0.5) is 0 Å². The summed E-state index contributed by atoms with van der Waals surface area (Å²) < 4.78 is 5.35. The predicted octanol–water partition coefficient (Wildman–Crippen LogP) is 2.41. The maximum absolute atomic E-state index is 5.35. The zero-order valence-electron chi connectivity index (χ0n) is 11.8. The molecule has 0 spiro atoms. The second-order valence-corrected chi connectivity index (χ2v) is 4.53. The third kappa shape index (κ3) is 2.74. The van der Waals surface area contributed by atoms with Crippen LogP contribution in [0.15, 0.2) is 30.7 Å². The molecule has 2 rings (SSSR count). The number of hydrogen-bond acceptors (Lipinski definition) is 4. The Balaban J connectivity index is 2.47. The first kappa shape index (κ1) is 13.5. The van der Waals surface area contributed by atoms with Crippen LogP contribution in [-0.2, 0) is 0 Å². The molecule has 0 aliphatic carbocycles. The van der Waals surface area contributed by atoms with Crippen molar-refractivity contribution < 1.29 is 4.74 Å². The quantitative estimate of drug-likeness (QED) is 0.913. The Bertz CT molecular complexity index is 555. The molecule has 1 N–H and O–H groups in total. The van der Waals surface area contributed by atoms with E-state index in [1.165, 1.54) is 11.1 Å². The van der Waals surface area contributed by atoms with Crippen molar-refractivity contribution in [1.82, 2.24) is 15.3 Å². The van der Waals surface area contributed by atoms with Crippen molar-refractivity contribution in [2.24, 2.45) is 0 Å². The molecule has 0 aliphatic rings. The van der Waals surface area contributed by atoms with Gasteiger partial charge in [0.25, 0.3) is 0 Å². The van der Waals surface area contributed by atoms with Gasteiger partial charge in [0.05, 0.1) is 18.8 Å². The minimum atomic E-state index is 0.0626. The van der Waals surface area contributed by atoms with Gasteiger partial charge in [0.15, 0.2) is 0 Å². The molecule has 0 aliphatic heterocycles. The van der Waals surface area contributed by atoms with Crippen molar-refractivity contribution in [2.45, 2.75) is 19.9 Å². The van der Waals surface area contributed by atoms with Gasteiger partial charge in [0.1, 0.15) is 12.1 Å². The van der Waals surface area contributed by atoms with Crippen LogP contribution in [0.2, 0.25) is 0 Å². The molecule has 0 saturated carbocycles. The van der Waals surface area contributed by atoms with E-state index in [0.717, 1.165) is 17.0 Å². The highest BCUT2D eigenvalue weighted by Gasteiger charge is 2.17. The second-order valence-electron chi connectivity index (χ2n) is 4.53. The molecule has 0 fully saturated rings. The molecule has 19 heavy (non-hydrogen) atoms. The highest BCUT2D eigenvalue weighted by molar-refractivity contribution is 5.44. The molecule has 1 atom stereocenters. The van der Waals surface area contributed by atoms with E-state index in [1.54, 1.807) is 19.6 Å². The second kappa shape index (κ2) is 5.80.